The minimum absolute atomic E-state index is 0.0295. The van der Waals surface area contributed by atoms with Gasteiger partial charge >= 0.3 is 0 Å². The van der Waals surface area contributed by atoms with Crippen molar-refractivity contribution in [2.24, 2.45) is 11.8 Å². The SMILES string of the molecule is CCC(=O)N[C@H](Cc1ccc(NC(=O)[C@@H](CC(=O)c2ccnn2CC)C2CCCCC2)c(F)c1)C(=O)N1CCC(N(C)C)CC1. The number of piperidine rings is 1. The normalized spacial score (nSPS) is 17.6. The second-order valence-electron chi connectivity index (χ2n) is 12.7. The predicted molar refractivity (Wildman–Crippen MR) is 171 cm³/mol. The zero-order valence-electron chi connectivity index (χ0n) is 27.2. The summed E-state index contributed by atoms with van der Waals surface area (Å²) in [6.07, 6.45) is 8.51. The molecule has 10 nitrogen and oxygen atoms in total. The van der Waals surface area contributed by atoms with Gasteiger partial charge in [0.25, 0.3) is 0 Å². The van der Waals surface area contributed by atoms with Gasteiger partial charge in [-0.2, -0.15) is 5.10 Å². The predicted octanol–water partition coefficient (Wildman–Crippen LogP) is 4.44. The van der Waals surface area contributed by atoms with Crippen LogP contribution >= 0.6 is 0 Å². The molecule has 246 valence electrons. The summed E-state index contributed by atoms with van der Waals surface area (Å²) < 4.78 is 17.1. The summed E-state index contributed by atoms with van der Waals surface area (Å²) in [6.45, 7) is 5.39. The van der Waals surface area contributed by atoms with Crippen molar-refractivity contribution < 1.29 is 23.6 Å². The van der Waals surface area contributed by atoms with Crippen LogP contribution in [-0.4, -0.2) is 82.4 Å². The first-order valence-corrected chi connectivity index (χ1v) is 16.5. The molecular weight excluding hydrogens is 575 g/mol. The van der Waals surface area contributed by atoms with Crippen LogP contribution in [0.25, 0.3) is 0 Å². The number of nitrogens with one attached hydrogen (secondary N) is 2. The molecule has 1 aliphatic carbocycles. The summed E-state index contributed by atoms with van der Waals surface area (Å²) in [4.78, 5) is 56.6. The van der Waals surface area contributed by atoms with Crippen molar-refractivity contribution in [3.63, 3.8) is 0 Å². The Morgan fingerprint density at radius 1 is 1.02 bits per heavy atom. The van der Waals surface area contributed by atoms with E-state index < -0.39 is 17.8 Å². The summed E-state index contributed by atoms with van der Waals surface area (Å²) in [7, 11) is 4.07. The van der Waals surface area contributed by atoms with Gasteiger partial charge in [-0.1, -0.05) is 32.3 Å². The maximum atomic E-state index is 15.5. The second kappa shape index (κ2) is 16.1. The zero-order valence-corrected chi connectivity index (χ0v) is 27.2. The van der Waals surface area contributed by atoms with Gasteiger partial charge in [-0.15, -0.1) is 0 Å². The molecule has 0 spiro atoms. The van der Waals surface area contributed by atoms with E-state index in [2.05, 4.69) is 20.6 Å². The highest BCUT2D eigenvalue weighted by molar-refractivity contribution is 6.00. The summed E-state index contributed by atoms with van der Waals surface area (Å²) in [5, 5.41) is 9.78. The number of likely N-dealkylation sites (tertiary alicyclic amines) is 1. The fraction of sp³-hybridized carbons (Fsp3) is 0.618. The van der Waals surface area contributed by atoms with Gasteiger partial charge in [0.15, 0.2) is 5.78 Å². The van der Waals surface area contributed by atoms with Crippen LogP contribution in [0.5, 0.6) is 0 Å². The van der Waals surface area contributed by atoms with Crippen LogP contribution in [0.3, 0.4) is 0 Å². The summed E-state index contributed by atoms with van der Waals surface area (Å²) >= 11 is 0. The standard InChI is InChI=1S/C34H49FN6O4/c1-5-32(43)37-29(34(45)40-18-15-25(16-19-40)39(3)4)21-23-12-13-28(27(35)20-23)38-33(44)26(24-10-8-7-9-11-24)22-31(42)30-14-17-36-41(30)6-2/h12-14,17,20,24-26,29H,5-11,15-16,18-19,21-22H2,1-4H3,(H,37,43)(H,38,44)/t26-,29+/m0/s1. The first-order chi connectivity index (χ1) is 21.6. The fourth-order valence-electron chi connectivity index (χ4n) is 6.70. The van der Waals surface area contributed by atoms with Crippen molar-refractivity contribution in [1.82, 2.24) is 24.9 Å². The van der Waals surface area contributed by atoms with Gasteiger partial charge in [-0.3, -0.25) is 23.9 Å². The highest BCUT2D eigenvalue weighted by atomic mass is 19.1. The van der Waals surface area contributed by atoms with Gasteiger partial charge in [0.2, 0.25) is 17.7 Å². The fourth-order valence-corrected chi connectivity index (χ4v) is 6.70. The third kappa shape index (κ3) is 8.99. The first-order valence-electron chi connectivity index (χ1n) is 16.5. The number of ketones is 1. The molecule has 2 aliphatic rings. The lowest BCUT2D eigenvalue weighted by molar-refractivity contribution is -0.137. The van der Waals surface area contributed by atoms with Crippen LogP contribution in [0, 0.1) is 17.7 Å². The maximum absolute atomic E-state index is 15.5. The Morgan fingerprint density at radius 2 is 1.73 bits per heavy atom. The number of rotatable bonds is 13. The first kappa shape index (κ1) is 34.3. The van der Waals surface area contributed by atoms with E-state index in [9.17, 15) is 19.2 Å². The van der Waals surface area contributed by atoms with E-state index in [1.54, 1.807) is 34.8 Å². The van der Waals surface area contributed by atoms with Crippen LogP contribution in [0.2, 0.25) is 0 Å². The molecular formula is C34H49FN6O4. The maximum Gasteiger partial charge on any atom is 0.245 e. The van der Waals surface area contributed by atoms with Crippen LogP contribution < -0.4 is 10.6 Å². The van der Waals surface area contributed by atoms with Crippen molar-refractivity contribution in [3.8, 4) is 0 Å². The molecule has 45 heavy (non-hydrogen) atoms. The number of benzene rings is 1. The summed E-state index contributed by atoms with van der Waals surface area (Å²) in [5.74, 6) is -2.10. The van der Waals surface area contributed by atoms with E-state index in [1.165, 1.54) is 12.1 Å². The number of nitrogens with zero attached hydrogens (tertiary/aromatic N) is 4. The summed E-state index contributed by atoms with van der Waals surface area (Å²) in [6, 6.07) is 5.76. The smallest absolute Gasteiger partial charge is 0.245 e. The lowest BCUT2D eigenvalue weighted by Crippen LogP contribution is -2.53. The number of Topliss-reactive ketones (excluding diaryl/α,β-unsaturated/α-hetero) is 1. The van der Waals surface area contributed by atoms with Gasteiger partial charge < -0.3 is 20.4 Å². The molecule has 1 saturated carbocycles. The van der Waals surface area contributed by atoms with Crippen molar-refractivity contribution in [3.05, 3.63) is 47.5 Å². The van der Waals surface area contributed by atoms with Crippen LogP contribution in [0.4, 0.5) is 10.1 Å². The quantitative estimate of drug-likeness (QED) is 0.319. The van der Waals surface area contributed by atoms with E-state index in [0.717, 1.165) is 44.9 Å². The molecule has 2 heterocycles. The number of anilines is 1. The molecule has 0 radical (unpaired) electrons. The number of amides is 3. The Balaban J connectivity index is 1.46. The largest absolute Gasteiger partial charge is 0.344 e. The molecule has 1 aromatic heterocycles. The third-order valence-corrected chi connectivity index (χ3v) is 9.45. The Labute approximate surface area is 266 Å². The Kier molecular flexibility index (Phi) is 12.3. The van der Waals surface area contributed by atoms with Crippen molar-refractivity contribution >= 4 is 29.2 Å². The number of carbonyl (C=O) groups is 4. The third-order valence-electron chi connectivity index (χ3n) is 9.45. The number of hydrogen-bond donors (Lipinski definition) is 2. The molecule has 11 heteroatoms. The lowest BCUT2D eigenvalue weighted by atomic mass is 9.77. The van der Waals surface area contributed by atoms with Crippen LogP contribution in [0.1, 0.15) is 87.7 Å². The van der Waals surface area contributed by atoms with Crippen LogP contribution in [0.15, 0.2) is 30.5 Å². The highest BCUT2D eigenvalue weighted by Gasteiger charge is 2.33. The van der Waals surface area contributed by atoms with Gasteiger partial charge in [0.05, 0.1) is 5.69 Å². The molecule has 2 fully saturated rings. The van der Waals surface area contributed by atoms with Gasteiger partial charge in [0, 0.05) is 57.1 Å². The molecule has 4 rings (SSSR count). The highest BCUT2D eigenvalue weighted by Crippen LogP contribution is 2.34. The topological polar surface area (TPSA) is 117 Å². The average Bonchev–Trinajstić information content (AvgIpc) is 3.54. The van der Waals surface area contributed by atoms with E-state index in [4.69, 9.17) is 0 Å². The van der Waals surface area contributed by atoms with E-state index in [1.807, 2.05) is 21.0 Å². The minimum atomic E-state index is -0.813. The number of aromatic nitrogens is 2. The summed E-state index contributed by atoms with van der Waals surface area (Å²) in [5.41, 5.74) is 1.04. The molecule has 3 amide bonds. The Hall–Kier alpha value is -3.60. The Bertz CT molecular complexity index is 1330. The van der Waals surface area contributed by atoms with Crippen molar-refractivity contribution in [2.75, 3.05) is 32.5 Å². The minimum Gasteiger partial charge on any atom is -0.344 e. The molecule has 0 bridgehead atoms. The lowest BCUT2D eigenvalue weighted by Gasteiger charge is -2.37. The Morgan fingerprint density at radius 3 is 2.36 bits per heavy atom. The average molecular weight is 625 g/mol. The monoisotopic (exact) mass is 624 g/mol. The second-order valence-corrected chi connectivity index (χ2v) is 12.7. The van der Waals surface area contributed by atoms with E-state index >= 15 is 4.39 Å². The number of hydrogen-bond acceptors (Lipinski definition) is 6. The molecule has 1 saturated heterocycles. The molecule has 1 aromatic carbocycles. The molecule has 2 aromatic rings. The van der Waals surface area contributed by atoms with Gasteiger partial charge in [0.1, 0.15) is 17.6 Å². The zero-order chi connectivity index (χ0) is 32.5. The van der Waals surface area contributed by atoms with E-state index in [0.29, 0.717) is 36.9 Å². The molecule has 1 aliphatic heterocycles. The van der Waals surface area contributed by atoms with Crippen molar-refractivity contribution in [2.45, 2.75) is 96.7 Å². The van der Waals surface area contributed by atoms with Gasteiger partial charge in [-0.25, -0.2) is 4.39 Å². The number of carbonyl (C=O) groups excluding carboxylic acids is 4. The van der Waals surface area contributed by atoms with Gasteiger partial charge in [-0.05, 0) is 76.4 Å². The number of halogens is 1. The van der Waals surface area contributed by atoms with E-state index in [-0.39, 0.29) is 54.4 Å². The molecule has 2 N–H and O–H groups in total. The number of aryl methyl sites for hydroxylation is 1. The molecule has 0 unspecified atom stereocenters. The van der Waals surface area contributed by atoms with Crippen molar-refractivity contribution in [1.29, 1.82) is 0 Å². The molecule has 2 atom stereocenters. The van der Waals surface area contributed by atoms with Crippen LogP contribution in [-0.2, 0) is 27.3 Å².